The van der Waals surface area contributed by atoms with Gasteiger partial charge in [-0.3, -0.25) is 9.59 Å². The van der Waals surface area contributed by atoms with Crippen LogP contribution in [0.4, 0.5) is 0 Å². The van der Waals surface area contributed by atoms with E-state index >= 15 is 0 Å². The maximum atomic E-state index is 12.5. The molecule has 12 heteroatoms. The molecule has 0 aliphatic carbocycles. The van der Waals surface area contributed by atoms with Crippen molar-refractivity contribution in [3.8, 4) is 0 Å². The molecule has 0 saturated heterocycles. The van der Waals surface area contributed by atoms with E-state index < -0.39 is 0 Å². The molecule has 6 N–H and O–H groups in total. The van der Waals surface area contributed by atoms with Crippen molar-refractivity contribution in [3.63, 3.8) is 0 Å². The second-order valence-corrected chi connectivity index (χ2v) is 11.5. The first-order valence-corrected chi connectivity index (χ1v) is 13.3. The van der Waals surface area contributed by atoms with E-state index in [0.29, 0.717) is 36.0 Å². The van der Waals surface area contributed by atoms with E-state index in [0.717, 1.165) is 8.47 Å². The smallest absolute Gasteiger partial charge is 0.259 e. The number of nitrogens with two attached hydrogens (primary N) is 2. The highest BCUT2D eigenvalue weighted by Gasteiger charge is 2.34. The van der Waals surface area contributed by atoms with Gasteiger partial charge in [-0.1, -0.05) is 47.0 Å². The largest absolute Gasteiger partial charge is 0.350 e. The van der Waals surface area contributed by atoms with Crippen LogP contribution in [0.15, 0.2) is 26.8 Å². The minimum atomic E-state index is -0.266. The van der Waals surface area contributed by atoms with Crippen molar-refractivity contribution in [3.05, 3.63) is 26.8 Å². The Balaban J connectivity index is 2.22. The van der Waals surface area contributed by atoms with Crippen molar-refractivity contribution in [2.45, 2.75) is 0 Å². The molecule has 2 aliphatic heterocycles. The van der Waals surface area contributed by atoms with E-state index in [2.05, 4.69) is 23.1 Å². The van der Waals surface area contributed by atoms with Gasteiger partial charge in [0.05, 0.1) is 26.8 Å². The summed E-state index contributed by atoms with van der Waals surface area (Å²) in [5, 5.41) is 5.50. The van der Waals surface area contributed by atoms with Crippen molar-refractivity contribution in [1.82, 2.24) is 10.6 Å². The molecular weight excluding hydrogens is 449 g/mol. The summed E-state index contributed by atoms with van der Waals surface area (Å²) in [4.78, 5) is 25.8. The van der Waals surface area contributed by atoms with Gasteiger partial charge in [-0.25, -0.2) is 0 Å². The third-order valence-corrected chi connectivity index (χ3v) is 11.3. The topological polar surface area (TPSA) is 110 Å². The van der Waals surface area contributed by atoms with Crippen LogP contribution in [0, 0.1) is 0 Å². The molecule has 2 aliphatic rings. The Morgan fingerprint density at radius 1 is 0.808 bits per heavy atom. The summed E-state index contributed by atoms with van der Waals surface area (Å²) in [6, 6.07) is 0. The van der Waals surface area contributed by atoms with Crippen LogP contribution < -0.4 is 22.1 Å². The van der Waals surface area contributed by atoms with Crippen LogP contribution in [0.1, 0.15) is 0 Å². The zero-order valence-electron chi connectivity index (χ0n) is 14.2. The van der Waals surface area contributed by atoms with Gasteiger partial charge in [0.1, 0.15) is 0 Å². The maximum Gasteiger partial charge on any atom is 0.259 e. The fraction of sp³-hybridized carbons (Fsp3) is 0.429. The summed E-state index contributed by atoms with van der Waals surface area (Å²) in [5.41, 5.74) is 10.9. The van der Waals surface area contributed by atoms with Gasteiger partial charge in [-0.05, 0) is 12.5 Å². The quantitative estimate of drug-likeness (QED) is 0.423. The van der Waals surface area contributed by atoms with Gasteiger partial charge >= 0.3 is 0 Å². The SMILES string of the molecule is CSC1=C(SC)SC(=C2SC(C(=O)NCCN)=C(C(=O)NCCN)S2)S1. The molecule has 0 saturated carbocycles. The van der Waals surface area contributed by atoms with Crippen LogP contribution >= 0.6 is 70.6 Å². The Morgan fingerprint density at radius 2 is 1.19 bits per heavy atom. The van der Waals surface area contributed by atoms with E-state index in [1.807, 2.05) is 0 Å². The number of hydrogen-bond acceptors (Lipinski definition) is 10. The molecule has 0 aromatic carbocycles. The van der Waals surface area contributed by atoms with Gasteiger partial charge in [0.2, 0.25) is 0 Å². The summed E-state index contributed by atoms with van der Waals surface area (Å²) in [5.74, 6) is -0.532. The number of hydrogen-bond donors (Lipinski definition) is 4. The predicted octanol–water partition coefficient (Wildman–Crippen LogP) is 2.29. The van der Waals surface area contributed by atoms with Crippen LogP contribution in [-0.4, -0.2) is 50.5 Å². The third kappa shape index (κ3) is 5.60. The first-order valence-electron chi connectivity index (χ1n) is 7.54. The molecule has 2 rings (SSSR count). The highest BCUT2D eigenvalue weighted by molar-refractivity contribution is 8.42. The fourth-order valence-electron chi connectivity index (χ4n) is 1.82. The average molecular weight is 469 g/mol. The highest BCUT2D eigenvalue weighted by Crippen LogP contribution is 2.63. The van der Waals surface area contributed by atoms with Crippen molar-refractivity contribution < 1.29 is 9.59 Å². The Bertz CT molecular complexity index is 624. The number of amides is 2. The number of rotatable bonds is 8. The van der Waals surface area contributed by atoms with Gasteiger partial charge in [-0.15, -0.1) is 23.5 Å². The summed E-state index contributed by atoms with van der Waals surface area (Å²) in [6.45, 7) is 1.44. The Labute approximate surface area is 178 Å². The molecule has 26 heavy (non-hydrogen) atoms. The predicted molar refractivity (Wildman–Crippen MR) is 123 cm³/mol. The molecule has 2 amide bonds. The molecule has 0 aromatic rings. The highest BCUT2D eigenvalue weighted by atomic mass is 32.3. The van der Waals surface area contributed by atoms with E-state index in [4.69, 9.17) is 11.5 Å². The molecule has 2 heterocycles. The van der Waals surface area contributed by atoms with Crippen LogP contribution in [0.2, 0.25) is 0 Å². The first kappa shape index (κ1) is 22.5. The van der Waals surface area contributed by atoms with Gasteiger partial charge in [0, 0.05) is 26.2 Å². The minimum Gasteiger partial charge on any atom is -0.350 e. The Morgan fingerprint density at radius 3 is 1.54 bits per heavy atom. The molecule has 144 valence electrons. The van der Waals surface area contributed by atoms with Crippen LogP contribution in [0.3, 0.4) is 0 Å². The zero-order chi connectivity index (χ0) is 19.1. The van der Waals surface area contributed by atoms with Crippen molar-refractivity contribution in [2.24, 2.45) is 11.5 Å². The lowest BCUT2D eigenvalue weighted by atomic mass is 10.4. The van der Waals surface area contributed by atoms with Gasteiger partial charge < -0.3 is 22.1 Å². The zero-order valence-corrected chi connectivity index (χ0v) is 19.1. The average Bonchev–Trinajstić information content (AvgIpc) is 3.27. The number of nitrogens with one attached hydrogen (secondary N) is 2. The molecular formula is C14H20N4O2S6. The molecule has 0 atom stereocenters. The van der Waals surface area contributed by atoms with E-state index in [9.17, 15) is 9.59 Å². The molecule has 6 nitrogen and oxygen atoms in total. The van der Waals surface area contributed by atoms with Crippen molar-refractivity contribution in [2.75, 3.05) is 38.7 Å². The maximum absolute atomic E-state index is 12.5. The van der Waals surface area contributed by atoms with E-state index in [1.54, 1.807) is 47.0 Å². The molecule has 0 radical (unpaired) electrons. The second kappa shape index (κ2) is 11.2. The van der Waals surface area contributed by atoms with Crippen LogP contribution in [-0.2, 0) is 9.59 Å². The van der Waals surface area contributed by atoms with Crippen molar-refractivity contribution >= 4 is 82.4 Å². The van der Waals surface area contributed by atoms with Crippen LogP contribution in [0.5, 0.6) is 0 Å². The monoisotopic (exact) mass is 468 g/mol. The minimum absolute atomic E-state index is 0.266. The number of carbonyl (C=O) groups is 2. The molecule has 0 unspecified atom stereocenters. The normalized spacial score (nSPS) is 17.4. The molecule has 0 aromatic heterocycles. The summed E-state index contributed by atoms with van der Waals surface area (Å²) < 4.78 is 4.58. The lowest BCUT2D eigenvalue weighted by molar-refractivity contribution is -0.119. The van der Waals surface area contributed by atoms with Gasteiger partial charge in [0.25, 0.3) is 11.8 Å². The number of carbonyl (C=O) groups excluding carboxylic acids is 2. The standard InChI is InChI=1S/C14H20N4O2S6/c1-21-11-12(22-2)26-14(25-11)13-23-7(9(19)17-5-3-15)8(24-13)10(20)18-6-4-16/h3-6,15-16H2,1-2H3,(H,17,19)(H,18,20). The third-order valence-electron chi connectivity index (χ3n) is 2.94. The summed E-state index contributed by atoms with van der Waals surface area (Å²) in [7, 11) is 0. The van der Waals surface area contributed by atoms with E-state index in [1.165, 1.54) is 32.0 Å². The number of thioether (sulfide) groups is 6. The fourth-order valence-corrected chi connectivity index (χ4v) is 9.63. The summed E-state index contributed by atoms with van der Waals surface area (Å²) >= 11 is 9.52. The molecule has 0 bridgehead atoms. The Kier molecular flexibility index (Phi) is 9.72. The lowest BCUT2D eigenvalue weighted by Crippen LogP contribution is -2.32. The Hall–Kier alpha value is 0.180. The molecule has 0 spiro atoms. The molecule has 0 fully saturated rings. The van der Waals surface area contributed by atoms with Gasteiger partial charge in [0.15, 0.2) is 0 Å². The first-order chi connectivity index (χ1) is 12.5. The lowest BCUT2D eigenvalue weighted by Gasteiger charge is -2.06. The van der Waals surface area contributed by atoms with Crippen molar-refractivity contribution in [1.29, 1.82) is 0 Å². The van der Waals surface area contributed by atoms with Crippen LogP contribution in [0.25, 0.3) is 0 Å². The second-order valence-electron chi connectivity index (χ2n) is 4.71. The summed E-state index contributed by atoms with van der Waals surface area (Å²) in [6.07, 6.45) is 4.11. The van der Waals surface area contributed by atoms with Gasteiger partial charge in [-0.2, -0.15) is 0 Å². The van der Waals surface area contributed by atoms with E-state index in [-0.39, 0.29) is 11.8 Å².